The lowest BCUT2D eigenvalue weighted by molar-refractivity contribution is -0.122. The van der Waals surface area contributed by atoms with Crippen LogP contribution in [0.25, 0.3) is 0 Å². The van der Waals surface area contributed by atoms with E-state index in [0.717, 1.165) is 22.9 Å². The van der Waals surface area contributed by atoms with Gasteiger partial charge in [0.15, 0.2) is 0 Å². The first-order chi connectivity index (χ1) is 13.1. The summed E-state index contributed by atoms with van der Waals surface area (Å²) < 4.78 is 26.2. The van der Waals surface area contributed by atoms with Crippen molar-refractivity contribution in [2.24, 2.45) is 0 Å². The maximum Gasteiger partial charge on any atom is 0.243 e. The number of hydrogen-bond acceptors (Lipinski definition) is 3. The van der Waals surface area contributed by atoms with Gasteiger partial charge in [-0.15, -0.1) is 0 Å². The van der Waals surface area contributed by atoms with Gasteiger partial charge in [-0.2, -0.15) is 0 Å². The Balaban J connectivity index is 2.16. The number of sulfonamides is 1. The SMILES string of the molecule is CC[C@H](C(=O)NCCc1ccc(Cl)cc1)N(c1ccc(C)c(C)c1)S(C)(=O)=O. The number of aryl methyl sites for hydroxylation is 2. The molecule has 0 radical (unpaired) electrons. The zero-order valence-corrected chi connectivity index (χ0v) is 18.3. The molecule has 0 aliphatic rings. The van der Waals surface area contributed by atoms with E-state index in [2.05, 4.69) is 5.32 Å². The van der Waals surface area contributed by atoms with Crippen LogP contribution in [0.5, 0.6) is 0 Å². The summed E-state index contributed by atoms with van der Waals surface area (Å²) in [6.07, 6.45) is 2.14. The summed E-state index contributed by atoms with van der Waals surface area (Å²) in [5.74, 6) is -0.305. The van der Waals surface area contributed by atoms with Gasteiger partial charge in [0, 0.05) is 11.6 Å². The van der Waals surface area contributed by atoms with Gasteiger partial charge >= 0.3 is 0 Å². The van der Waals surface area contributed by atoms with Gasteiger partial charge in [0.1, 0.15) is 6.04 Å². The molecule has 2 aromatic carbocycles. The molecule has 1 amide bonds. The Labute approximate surface area is 172 Å². The number of carbonyl (C=O) groups excluding carboxylic acids is 1. The third-order valence-electron chi connectivity index (χ3n) is 4.70. The first-order valence-corrected chi connectivity index (χ1v) is 11.4. The van der Waals surface area contributed by atoms with Gasteiger partial charge < -0.3 is 5.32 Å². The molecule has 5 nitrogen and oxygen atoms in total. The van der Waals surface area contributed by atoms with Crippen LogP contribution in [0.4, 0.5) is 5.69 Å². The second-order valence-electron chi connectivity index (χ2n) is 6.92. The molecular formula is C21H27ClN2O3S. The minimum absolute atomic E-state index is 0.305. The Hall–Kier alpha value is -2.05. The fourth-order valence-electron chi connectivity index (χ4n) is 3.02. The molecule has 1 N–H and O–H groups in total. The average Bonchev–Trinajstić information content (AvgIpc) is 2.62. The lowest BCUT2D eigenvalue weighted by atomic mass is 10.1. The van der Waals surface area contributed by atoms with E-state index in [4.69, 9.17) is 11.6 Å². The van der Waals surface area contributed by atoms with Crippen LogP contribution < -0.4 is 9.62 Å². The normalized spacial score (nSPS) is 12.5. The number of hydrogen-bond donors (Lipinski definition) is 1. The highest BCUT2D eigenvalue weighted by Crippen LogP contribution is 2.25. The molecule has 0 fully saturated rings. The number of amides is 1. The van der Waals surface area contributed by atoms with Crippen LogP contribution in [0.3, 0.4) is 0 Å². The van der Waals surface area contributed by atoms with Crippen molar-refractivity contribution in [1.82, 2.24) is 5.32 Å². The van der Waals surface area contributed by atoms with Crippen LogP contribution in [0.1, 0.15) is 30.0 Å². The average molecular weight is 423 g/mol. The number of anilines is 1. The van der Waals surface area contributed by atoms with Gasteiger partial charge in [0.2, 0.25) is 15.9 Å². The zero-order chi connectivity index (χ0) is 20.9. The summed E-state index contributed by atoms with van der Waals surface area (Å²) >= 11 is 5.88. The number of nitrogens with zero attached hydrogens (tertiary/aromatic N) is 1. The molecule has 0 heterocycles. The summed E-state index contributed by atoms with van der Waals surface area (Å²) in [4.78, 5) is 12.8. The van der Waals surface area contributed by atoms with Gasteiger partial charge in [0.25, 0.3) is 0 Å². The molecule has 152 valence electrons. The van der Waals surface area contributed by atoms with E-state index in [1.54, 1.807) is 24.3 Å². The molecule has 28 heavy (non-hydrogen) atoms. The number of rotatable bonds is 8. The molecular weight excluding hydrogens is 396 g/mol. The molecule has 0 spiro atoms. The van der Waals surface area contributed by atoms with E-state index in [1.165, 1.54) is 4.31 Å². The van der Waals surface area contributed by atoms with Gasteiger partial charge in [-0.3, -0.25) is 9.10 Å². The second-order valence-corrected chi connectivity index (χ2v) is 9.21. The summed E-state index contributed by atoms with van der Waals surface area (Å²) in [5.41, 5.74) is 3.60. The van der Waals surface area contributed by atoms with Crippen molar-refractivity contribution < 1.29 is 13.2 Å². The fraction of sp³-hybridized carbons (Fsp3) is 0.381. The lowest BCUT2D eigenvalue weighted by Crippen LogP contribution is -2.49. The van der Waals surface area contributed by atoms with Crippen LogP contribution in [0.2, 0.25) is 5.02 Å². The largest absolute Gasteiger partial charge is 0.354 e. The van der Waals surface area contributed by atoms with E-state index < -0.39 is 16.1 Å². The molecule has 0 aromatic heterocycles. The van der Waals surface area contributed by atoms with Crippen LogP contribution in [-0.4, -0.2) is 33.2 Å². The number of benzene rings is 2. The quantitative estimate of drug-likeness (QED) is 0.702. The third-order valence-corrected chi connectivity index (χ3v) is 6.13. The van der Waals surface area contributed by atoms with Crippen molar-refractivity contribution in [3.63, 3.8) is 0 Å². The van der Waals surface area contributed by atoms with Crippen molar-refractivity contribution >= 4 is 33.2 Å². The van der Waals surface area contributed by atoms with Gasteiger partial charge in [-0.05, 0) is 67.6 Å². The predicted molar refractivity (Wildman–Crippen MR) is 115 cm³/mol. The van der Waals surface area contributed by atoms with E-state index in [-0.39, 0.29) is 5.91 Å². The topological polar surface area (TPSA) is 66.5 Å². The molecule has 1 atom stereocenters. The van der Waals surface area contributed by atoms with Crippen molar-refractivity contribution in [3.8, 4) is 0 Å². The maximum atomic E-state index is 12.8. The monoisotopic (exact) mass is 422 g/mol. The van der Waals surface area contributed by atoms with Crippen LogP contribution >= 0.6 is 11.6 Å². The fourth-order valence-corrected chi connectivity index (χ4v) is 4.35. The zero-order valence-electron chi connectivity index (χ0n) is 16.7. The van der Waals surface area contributed by atoms with E-state index in [1.807, 2.05) is 39.0 Å². The van der Waals surface area contributed by atoms with Gasteiger partial charge in [-0.25, -0.2) is 8.42 Å². The molecule has 7 heteroatoms. The van der Waals surface area contributed by atoms with Gasteiger partial charge in [0.05, 0.1) is 11.9 Å². The Morgan fingerprint density at radius 1 is 1.11 bits per heavy atom. The minimum atomic E-state index is -3.63. The molecule has 2 aromatic rings. The smallest absolute Gasteiger partial charge is 0.243 e. The molecule has 0 bridgehead atoms. The van der Waals surface area contributed by atoms with Crippen molar-refractivity contribution in [3.05, 3.63) is 64.2 Å². The number of halogens is 1. The van der Waals surface area contributed by atoms with Crippen LogP contribution in [0.15, 0.2) is 42.5 Å². The molecule has 0 saturated carbocycles. The summed E-state index contributed by atoms with van der Waals surface area (Å²) in [5, 5.41) is 3.53. The van der Waals surface area contributed by atoms with E-state index >= 15 is 0 Å². The Kier molecular flexibility index (Phi) is 7.49. The standard InChI is InChI=1S/C21H27ClN2O3S/c1-5-20(21(25)23-13-12-17-7-9-18(22)10-8-17)24(28(4,26)27)19-11-6-15(2)16(3)14-19/h6-11,14,20H,5,12-13H2,1-4H3,(H,23,25)/t20-/m1/s1. The Morgan fingerprint density at radius 3 is 2.29 bits per heavy atom. The van der Waals surface area contributed by atoms with Crippen molar-refractivity contribution in [1.29, 1.82) is 0 Å². The molecule has 0 unspecified atom stereocenters. The number of nitrogens with one attached hydrogen (secondary N) is 1. The number of carbonyl (C=O) groups is 1. The molecule has 0 saturated heterocycles. The van der Waals surface area contributed by atoms with Crippen LogP contribution in [0, 0.1) is 13.8 Å². The predicted octanol–water partition coefficient (Wildman–Crippen LogP) is 3.86. The minimum Gasteiger partial charge on any atom is -0.354 e. The Bertz CT molecular complexity index is 927. The van der Waals surface area contributed by atoms with Gasteiger partial charge in [-0.1, -0.05) is 36.7 Å². The van der Waals surface area contributed by atoms with Crippen LogP contribution in [-0.2, 0) is 21.2 Å². The van der Waals surface area contributed by atoms with Crippen molar-refractivity contribution in [2.45, 2.75) is 39.7 Å². The molecule has 0 aliphatic carbocycles. The highest BCUT2D eigenvalue weighted by molar-refractivity contribution is 7.92. The highest BCUT2D eigenvalue weighted by atomic mass is 35.5. The summed E-state index contributed by atoms with van der Waals surface area (Å²) in [6.45, 7) is 6.11. The highest BCUT2D eigenvalue weighted by Gasteiger charge is 2.31. The van der Waals surface area contributed by atoms with E-state index in [9.17, 15) is 13.2 Å². The molecule has 0 aliphatic heterocycles. The molecule has 2 rings (SSSR count). The second kappa shape index (κ2) is 9.43. The summed E-state index contributed by atoms with van der Waals surface area (Å²) in [6, 6.07) is 12.0. The summed E-state index contributed by atoms with van der Waals surface area (Å²) in [7, 11) is -3.63. The maximum absolute atomic E-state index is 12.8. The Morgan fingerprint density at radius 2 is 1.75 bits per heavy atom. The van der Waals surface area contributed by atoms with E-state index in [0.29, 0.717) is 30.1 Å². The van der Waals surface area contributed by atoms with Crippen molar-refractivity contribution in [2.75, 3.05) is 17.1 Å². The lowest BCUT2D eigenvalue weighted by Gasteiger charge is -2.30. The first-order valence-electron chi connectivity index (χ1n) is 9.22. The first kappa shape index (κ1) is 22.2. The third kappa shape index (κ3) is 5.72.